The Kier molecular flexibility index (Phi) is 8.32. The summed E-state index contributed by atoms with van der Waals surface area (Å²) < 4.78 is 6.68. The number of para-hydroxylation sites is 4. The van der Waals surface area contributed by atoms with Gasteiger partial charge in [-0.3, -0.25) is 0 Å². The number of hydrogen-bond donors (Lipinski definition) is 0. The molecule has 298 valence electrons. The van der Waals surface area contributed by atoms with Gasteiger partial charge in [-0.1, -0.05) is 169 Å². The lowest BCUT2D eigenvalue weighted by Gasteiger charge is -2.36. The van der Waals surface area contributed by atoms with Crippen LogP contribution in [0, 0.1) is 0 Å². The van der Waals surface area contributed by atoms with E-state index in [4.69, 9.17) is 4.42 Å². The van der Waals surface area contributed by atoms with E-state index in [0.29, 0.717) is 0 Å². The smallest absolute Gasteiger partial charge is 0.248 e. The van der Waals surface area contributed by atoms with Crippen molar-refractivity contribution in [2.45, 2.75) is 0 Å². The lowest BCUT2D eigenvalue weighted by atomic mass is 9.37. The summed E-state index contributed by atoms with van der Waals surface area (Å²) in [5.74, 6) is 0. The zero-order valence-electron chi connectivity index (χ0n) is 34.9. The van der Waals surface area contributed by atoms with Gasteiger partial charge in [-0.15, -0.1) is 0 Å². The maximum Gasteiger partial charge on any atom is 0.248 e. The summed E-state index contributed by atoms with van der Waals surface area (Å²) in [6.45, 7) is 0.0370. The molecule has 0 radical (unpaired) electrons. The molecule has 3 nitrogen and oxygen atoms in total. The molecule has 4 heteroatoms. The molecule has 0 unspecified atom stereocenters. The Morgan fingerprint density at radius 2 is 0.938 bits per heavy atom. The Bertz CT molecular complexity index is 3460. The molecule has 0 N–H and O–H groups in total. The summed E-state index contributed by atoms with van der Waals surface area (Å²) >= 11 is 0. The van der Waals surface area contributed by atoms with Crippen LogP contribution in [0.25, 0.3) is 66.4 Å². The molecule has 0 amide bonds. The third kappa shape index (κ3) is 5.77. The van der Waals surface area contributed by atoms with E-state index in [1.807, 2.05) is 6.07 Å². The van der Waals surface area contributed by atoms with Crippen molar-refractivity contribution in [1.29, 1.82) is 0 Å². The van der Waals surface area contributed by atoms with Crippen LogP contribution in [0.2, 0.25) is 0 Å². The first-order valence-electron chi connectivity index (χ1n) is 22.0. The average molecular weight is 815 g/mol. The molecule has 0 atom stereocenters. The highest BCUT2D eigenvalue weighted by Crippen LogP contribution is 2.46. The van der Waals surface area contributed by atoms with Crippen LogP contribution in [-0.2, 0) is 0 Å². The minimum atomic E-state index is 0.0370. The van der Waals surface area contributed by atoms with Crippen molar-refractivity contribution < 1.29 is 4.42 Å². The predicted molar refractivity (Wildman–Crippen MR) is 269 cm³/mol. The first-order chi connectivity index (χ1) is 31.7. The Morgan fingerprint density at radius 3 is 1.64 bits per heavy atom. The van der Waals surface area contributed by atoms with Crippen LogP contribution < -0.4 is 26.2 Å². The van der Waals surface area contributed by atoms with Crippen LogP contribution in [0.1, 0.15) is 0 Å². The second-order valence-electron chi connectivity index (χ2n) is 16.8. The number of nitrogens with zero attached hydrogens (tertiary/aromatic N) is 2. The van der Waals surface area contributed by atoms with E-state index in [1.54, 1.807) is 0 Å². The first-order valence-corrected chi connectivity index (χ1v) is 22.0. The molecule has 0 saturated heterocycles. The van der Waals surface area contributed by atoms with Gasteiger partial charge in [0.1, 0.15) is 11.2 Å². The zero-order chi connectivity index (χ0) is 42.1. The number of furan rings is 1. The molecule has 1 aromatic heterocycles. The Balaban J connectivity index is 1.02. The monoisotopic (exact) mass is 814 g/mol. The minimum Gasteiger partial charge on any atom is -0.455 e. The molecular weight excluding hydrogens is 775 g/mol. The second kappa shape index (κ2) is 14.6. The summed E-state index contributed by atoms with van der Waals surface area (Å²) in [6, 6.07) is 85.9. The van der Waals surface area contributed by atoms with Gasteiger partial charge in [-0.25, -0.2) is 0 Å². The highest BCUT2D eigenvalue weighted by atomic mass is 16.3. The summed E-state index contributed by atoms with van der Waals surface area (Å²) in [5.41, 5.74) is 22.1. The Hall–Kier alpha value is -8.34. The molecule has 13 rings (SSSR count). The van der Waals surface area contributed by atoms with E-state index in [1.165, 1.54) is 61.1 Å². The van der Waals surface area contributed by atoms with E-state index in [9.17, 15) is 0 Å². The summed E-state index contributed by atoms with van der Waals surface area (Å²) in [4.78, 5) is 4.88. The maximum atomic E-state index is 6.68. The van der Waals surface area contributed by atoms with Gasteiger partial charge in [0.15, 0.2) is 0 Å². The fourth-order valence-electron chi connectivity index (χ4n) is 10.4. The number of benzene rings is 10. The molecule has 0 aliphatic carbocycles. The molecule has 0 saturated carbocycles. The number of rotatable bonds is 7. The Morgan fingerprint density at radius 1 is 0.359 bits per heavy atom. The summed E-state index contributed by atoms with van der Waals surface area (Å²) in [6.07, 6.45) is 0. The van der Waals surface area contributed by atoms with Crippen molar-refractivity contribution >= 4 is 79.2 Å². The van der Waals surface area contributed by atoms with E-state index in [2.05, 4.69) is 240 Å². The van der Waals surface area contributed by atoms with Crippen molar-refractivity contribution in [1.82, 2.24) is 0 Å². The van der Waals surface area contributed by atoms with Crippen LogP contribution in [0.5, 0.6) is 0 Å². The predicted octanol–water partition coefficient (Wildman–Crippen LogP) is 14.3. The van der Waals surface area contributed by atoms with Crippen LogP contribution >= 0.6 is 0 Å². The van der Waals surface area contributed by atoms with Crippen molar-refractivity contribution in [3.63, 3.8) is 0 Å². The quantitative estimate of drug-likeness (QED) is 0.149. The highest BCUT2D eigenvalue weighted by molar-refractivity contribution is 7.01. The molecule has 0 bridgehead atoms. The lowest BCUT2D eigenvalue weighted by molar-refractivity contribution is 0.670. The average Bonchev–Trinajstić information content (AvgIpc) is 3.92. The fraction of sp³-hybridized carbons (Fsp3) is 0. The van der Waals surface area contributed by atoms with Crippen molar-refractivity contribution in [2.75, 3.05) is 9.80 Å². The highest BCUT2D eigenvalue weighted by Gasteiger charge is 2.43. The third-order valence-corrected chi connectivity index (χ3v) is 13.3. The van der Waals surface area contributed by atoms with Gasteiger partial charge in [-0.05, 0) is 123 Å². The maximum absolute atomic E-state index is 6.68. The van der Waals surface area contributed by atoms with Crippen LogP contribution in [0.4, 0.5) is 34.1 Å². The van der Waals surface area contributed by atoms with Gasteiger partial charge in [0.2, 0.25) is 6.71 Å². The molecule has 0 fully saturated rings. The molecule has 2 aliphatic rings. The Labute approximate surface area is 372 Å². The van der Waals surface area contributed by atoms with Crippen LogP contribution in [-0.4, -0.2) is 6.71 Å². The largest absolute Gasteiger partial charge is 0.455 e. The van der Waals surface area contributed by atoms with Gasteiger partial charge < -0.3 is 14.2 Å². The van der Waals surface area contributed by atoms with E-state index in [-0.39, 0.29) is 6.71 Å². The summed E-state index contributed by atoms with van der Waals surface area (Å²) in [7, 11) is 0. The van der Waals surface area contributed by atoms with Gasteiger partial charge in [0, 0.05) is 50.5 Å². The van der Waals surface area contributed by atoms with Crippen LogP contribution in [0.15, 0.2) is 241 Å². The molecule has 64 heavy (non-hydrogen) atoms. The molecule has 0 spiro atoms. The molecule has 2 aliphatic heterocycles. The molecule has 10 aromatic carbocycles. The van der Waals surface area contributed by atoms with Gasteiger partial charge in [-0.2, -0.15) is 0 Å². The topological polar surface area (TPSA) is 19.6 Å². The zero-order valence-corrected chi connectivity index (χ0v) is 34.9. The SMILES string of the molecule is c1ccc(-c2ccc(N(c3ccc(-c4ccccc4)cc3)c3ccc4c(c3)B3c5ccccc5N(c5ccccc5)c5cc(-c6cccc7c6oc6ccccc67)cc-4c53)cc2)cc1. The summed E-state index contributed by atoms with van der Waals surface area (Å²) in [5, 5.41) is 2.26. The number of fused-ring (bicyclic) bond motifs is 8. The van der Waals surface area contributed by atoms with E-state index < -0.39 is 0 Å². The van der Waals surface area contributed by atoms with Crippen LogP contribution in [0.3, 0.4) is 0 Å². The second-order valence-corrected chi connectivity index (χ2v) is 16.8. The minimum absolute atomic E-state index is 0.0370. The number of anilines is 6. The lowest BCUT2D eigenvalue weighted by Crippen LogP contribution is -2.54. The van der Waals surface area contributed by atoms with E-state index >= 15 is 0 Å². The van der Waals surface area contributed by atoms with Gasteiger partial charge >= 0.3 is 0 Å². The van der Waals surface area contributed by atoms with Crippen molar-refractivity contribution in [3.8, 4) is 44.5 Å². The van der Waals surface area contributed by atoms with Crippen molar-refractivity contribution in [2.24, 2.45) is 0 Å². The molecule has 3 heterocycles. The van der Waals surface area contributed by atoms with Gasteiger partial charge in [0.25, 0.3) is 0 Å². The molecule has 11 aromatic rings. The first kappa shape index (κ1) is 36.3. The standard InChI is InChI=1S/C60H39BN2O/c1-4-15-40(16-5-1)42-27-31-46(32-28-42)62(47-33-29-43(30-34-47)41-17-6-2-7-18-41)48-35-36-50-53-37-44(49-22-14-23-52-51-21-10-13-26-58(51)64-60(49)52)38-57-59(53)61(55(50)39-48)54-24-11-12-25-56(54)63(57)45-19-8-3-9-20-45/h1-39H. The molecular formula is C60H39BN2O. The van der Waals surface area contributed by atoms with E-state index in [0.717, 1.165) is 55.8 Å². The fourth-order valence-corrected chi connectivity index (χ4v) is 10.4. The van der Waals surface area contributed by atoms with Crippen molar-refractivity contribution in [3.05, 3.63) is 237 Å². The number of hydrogen-bond acceptors (Lipinski definition) is 3. The normalized spacial score (nSPS) is 12.3. The van der Waals surface area contributed by atoms with Gasteiger partial charge in [0.05, 0.1) is 0 Å². The third-order valence-electron chi connectivity index (χ3n) is 13.3.